The fraction of sp³-hybridized carbons (Fsp3) is 0.500. The lowest BCUT2D eigenvalue weighted by Crippen LogP contribution is -2.52. The first-order valence-electron chi connectivity index (χ1n) is 7.78. The fourth-order valence-electron chi connectivity index (χ4n) is 3.57. The number of para-hydroxylation sites is 1. The second kappa shape index (κ2) is 5.15. The van der Waals surface area contributed by atoms with E-state index >= 15 is 0 Å². The molecule has 0 saturated carbocycles. The van der Waals surface area contributed by atoms with Crippen molar-refractivity contribution in [1.29, 1.82) is 0 Å². The van der Waals surface area contributed by atoms with Crippen molar-refractivity contribution in [2.24, 2.45) is 0 Å². The molecule has 2 fully saturated rings. The second-order valence-electron chi connectivity index (χ2n) is 6.18. The molecular weight excluding hydrogens is 264 g/mol. The molecule has 1 amide bonds. The van der Waals surface area contributed by atoms with E-state index in [0.29, 0.717) is 5.56 Å². The Labute approximate surface area is 123 Å². The van der Waals surface area contributed by atoms with Gasteiger partial charge in [-0.05, 0) is 38.3 Å². The van der Waals surface area contributed by atoms with Gasteiger partial charge in [-0.2, -0.15) is 5.10 Å². The Morgan fingerprint density at radius 1 is 1.33 bits per heavy atom. The molecule has 3 heterocycles. The standard InChI is InChI=1S/C16H20N4O/c21-16(14-6-1-3-11-9-17-19-15(11)14)18-12-4-2-5-13-7-8-20(13)10-12/h1,3,6,9,12-13H,2,4-5,7-8,10H2,(H,17,19)(H,18,21)/t12-,13?/m1/s1. The SMILES string of the molecule is O=C(N[C@@H]1CCCC2CCN2C1)c1cccc2cn[nH]c12. The van der Waals surface area contributed by atoms with Crippen LogP contribution in [0.1, 0.15) is 36.0 Å². The van der Waals surface area contributed by atoms with Crippen molar-refractivity contribution in [1.82, 2.24) is 20.4 Å². The van der Waals surface area contributed by atoms with Gasteiger partial charge >= 0.3 is 0 Å². The summed E-state index contributed by atoms with van der Waals surface area (Å²) in [5, 5.41) is 11.1. The lowest BCUT2D eigenvalue weighted by molar-refractivity contribution is 0.0789. The minimum Gasteiger partial charge on any atom is -0.348 e. The van der Waals surface area contributed by atoms with E-state index in [2.05, 4.69) is 20.4 Å². The Hall–Kier alpha value is -1.88. The first-order chi connectivity index (χ1) is 10.3. The first-order valence-corrected chi connectivity index (χ1v) is 7.78. The molecule has 2 aliphatic rings. The van der Waals surface area contributed by atoms with Crippen LogP contribution in [0.3, 0.4) is 0 Å². The highest BCUT2D eigenvalue weighted by Crippen LogP contribution is 2.27. The van der Waals surface area contributed by atoms with Crippen LogP contribution in [0.25, 0.3) is 10.9 Å². The average Bonchev–Trinajstić information content (AvgIpc) is 2.90. The molecule has 1 aromatic carbocycles. The molecule has 0 radical (unpaired) electrons. The number of nitrogens with one attached hydrogen (secondary N) is 2. The number of nitrogens with zero attached hydrogens (tertiary/aromatic N) is 2. The van der Waals surface area contributed by atoms with Gasteiger partial charge < -0.3 is 5.32 Å². The third-order valence-electron chi connectivity index (χ3n) is 4.87. The van der Waals surface area contributed by atoms with E-state index in [1.807, 2.05) is 18.2 Å². The number of hydrogen-bond acceptors (Lipinski definition) is 3. The molecule has 2 N–H and O–H groups in total. The van der Waals surface area contributed by atoms with Gasteiger partial charge in [0, 0.05) is 24.0 Å². The van der Waals surface area contributed by atoms with Crippen LogP contribution in [0, 0.1) is 0 Å². The number of fused-ring (bicyclic) bond motifs is 2. The summed E-state index contributed by atoms with van der Waals surface area (Å²) in [6, 6.07) is 6.76. The molecule has 2 atom stereocenters. The summed E-state index contributed by atoms with van der Waals surface area (Å²) in [6.45, 7) is 2.18. The van der Waals surface area contributed by atoms with Gasteiger partial charge in [0.2, 0.25) is 0 Å². The number of carbonyl (C=O) groups is 1. The first kappa shape index (κ1) is 12.8. The normalized spacial score (nSPS) is 25.9. The Bertz CT molecular complexity index is 665. The van der Waals surface area contributed by atoms with Gasteiger partial charge in [-0.15, -0.1) is 0 Å². The molecule has 110 valence electrons. The van der Waals surface area contributed by atoms with Gasteiger partial charge in [0.15, 0.2) is 0 Å². The van der Waals surface area contributed by atoms with Crippen molar-refractivity contribution in [3.8, 4) is 0 Å². The predicted molar refractivity (Wildman–Crippen MR) is 81.2 cm³/mol. The van der Waals surface area contributed by atoms with Gasteiger partial charge in [-0.25, -0.2) is 0 Å². The van der Waals surface area contributed by atoms with E-state index in [-0.39, 0.29) is 11.9 Å². The van der Waals surface area contributed by atoms with Crippen LogP contribution in [0.5, 0.6) is 0 Å². The molecule has 5 nitrogen and oxygen atoms in total. The average molecular weight is 284 g/mol. The molecule has 0 bridgehead atoms. The number of benzene rings is 1. The minimum absolute atomic E-state index is 0.00817. The largest absolute Gasteiger partial charge is 0.348 e. The number of aromatic nitrogens is 2. The highest BCUT2D eigenvalue weighted by molar-refractivity contribution is 6.05. The topological polar surface area (TPSA) is 61.0 Å². The Balaban J connectivity index is 1.51. The zero-order valence-corrected chi connectivity index (χ0v) is 12.0. The molecule has 1 unspecified atom stereocenters. The van der Waals surface area contributed by atoms with Gasteiger partial charge in [0.25, 0.3) is 5.91 Å². The molecule has 2 aliphatic heterocycles. The number of aromatic amines is 1. The number of carbonyl (C=O) groups excluding carboxylic acids is 1. The Morgan fingerprint density at radius 2 is 2.29 bits per heavy atom. The molecule has 0 aliphatic carbocycles. The maximum Gasteiger partial charge on any atom is 0.253 e. The molecule has 2 saturated heterocycles. The molecule has 2 aromatic rings. The van der Waals surface area contributed by atoms with Crippen LogP contribution in [0.2, 0.25) is 0 Å². The molecule has 0 spiro atoms. The summed E-state index contributed by atoms with van der Waals surface area (Å²) in [6.07, 6.45) is 6.65. The molecule has 21 heavy (non-hydrogen) atoms. The highest BCUT2D eigenvalue weighted by atomic mass is 16.1. The summed E-state index contributed by atoms with van der Waals surface area (Å²) < 4.78 is 0. The highest BCUT2D eigenvalue weighted by Gasteiger charge is 2.32. The fourth-order valence-corrected chi connectivity index (χ4v) is 3.57. The predicted octanol–water partition coefficient (Wildman–Crippen LogP) is 1.92. The summed E-state index contributed by atoms with van der Waals surface area (Å²) >= 11 is 0. The second-order valence-corrected chi connectivity index (χ2v) is 6.18. The monoisotopic (exact) mass is 284 g/mol. The van der Waals surface area contributed by atoms with Crippen LogP contribution < -0.4 is 5.32 Å². The maximum atomic E-state index is 12.6. The van der Waals surface area contributed by atoms with Crippen LogP contribution in [0.15, 0.2) is 24.4 Å². The minimum atomic E-state index is 0.00817. The maximum absolute atomic E-state index is 12.6. The van der Waals surface area contributed by atoms with Crippen molar-refractivity contribution in [2.75, 3.05) is 13.1 Å². The van der Waals surface area contributed by atoms with Crippen LogP contribution in [-0.2, 0) is 0 Å². The Kier molecular flexibility index (Phi) is 3.15. The molecular formula is C16H20N4O. The van der Waals surface area contributed by atoms with Gasteiger partial charge in [0.1, 0.15) is 0 Å². The van der Waals surface area contributed by atoms with Crippen molar-refractivity contribution in [3.63, 3.8) is 0 Å². The zero-order valence-electron chi connectivity index (χ0n) is 12.0. The lowest BCUT2D eigenvalue weighted by atomic mass is 10.00. The van der Waals surface area contributed by atoms with E-state index in [0.717, 1.165) is 29.9 Å². The lowest BCUT2D eigenvalue weighted by Gasteiger charge is -2.40. The van der Waals surface area contributed by atoms with Crippen molar-refractivity contribution >= 4 is 16.8 Å². The Morgan fingerprint density at radius 3 is 3.14 bits per heavy atom. The summed E-state index contributed by atoms with van der Waals surface area (Å²) in [7, 11) is 0. The third kappa shape index (κ3) is 2.31. The summed E-state index contributed by atoms with van der Waals surface area (Å²) in [5.74, 6) is 0.00817. The zero-order chi connectivity index (χ0) is 14.2. The quantitative estimate of drug-likeness (QED) is 0.885. The molecule has 5 heteroatoms. The number of rotatable bonds is 2. The van der Waals surface area contributed by atoms with Crippen LogP contribution in [-0.4, -0.2) is 46.2 Å². The summed E-state index contributed by atoms with van der Waals surface area (Å²) in [4.78, 5) is 15.1. The molecule has 1 aromatic heterocycles. The van der Waals surface area contributed by atoms with E-state index < -0.39 is 0 Å². The number of hydrogen-bond donors (Lipinski definition) is 2. The van der Waals surface area contributed by atoms with E-state index in [4.69, 9.17) is 0 Å². The van der Waals surface area contributed by atoms with Gasteiger partial charge in [0.05, 0.1) is 17.3 Å². The van der Waals surface area contributed by atoms with Gasteiger partial charge in [-0.1, -0.05) is 12.1 Å². The van der Waals surface area contributed by atoms with Crippen molar-refractivity contribution in [3.05, 3.63) is 30.0 Å². The van der Waals surface area contributed by atoms with Crippen molar-refractivity contribution < 1.29 is 4.79 Å². The molecule has 4 rings (SSSR count). The van der Waals surface area contributed by atoms with Crippen LogP contribution in [0.4, 0.5) is 0 Å². The number of H-pyrrole nitrogens is 1. The third-order valence-corrected chi connectivity index (χ3v) is 4.87. The van der Waals surface area contributed by atoms with Crippen molar-refractivity contribution in [2.45, 2.75) is 37.8 Å². The van der Waals surface area contributed by atoms with Crippen LogP contribution >= 0.6 is 0 Å². The summed E-state index contributed by atoms with van der Waals surface area (Å²) in [5.41, 5.74) is 1.51. The number of amides is 1. The van der Waals surface area contributed by atoms with E-state index in [1.165, 1.54) is 25.8 Å². The smallest absolute Gasteiger partial charge is 0.253 e. The van der Waals surface area contributed by atoms with E-state index in [1.54, 1.807) is 6.20 Å². The van der Waals surface area contributed by atoms with Gasteiger partial charge in [-0.3, -0.25) is 14.8 Å². The van der Waals surface area contributed by atoms with E-state index in [9.17, 15) is 4.79 Å².